The van der Waals surface area contributed by atoms with Gasteiger partial charge in [-0.25, -0.2) is 4.98 Å². The zero-order valence-electron chi connectivity index (χ0n) is 17.2. The van der Waals surface area contributed by atoms with Crippen molar-refractivity contribution in [3.8, 4) is 5.75 Å². The first-order valence-electron chi connectivity index (χ1n) is 9.79. The highest BCUT2D eigenvalue weighted by Gasteiger charge is 2.20. The largest absolute Gasteiger partial charge is 0.494 e. The maximum atomic E-state index is 13.3. The number of hydrogen-bond acceptors (Lipinski definition) is 4. The lowest BCUT2D eigenvalue weighted by Crippen LogP contribution is -2.28. The van der Waals surface area contributed by atoms with E-state index in [1.54, 1.807) is 30.2 Å². The van der Waals surface area contributed by atoms with E-state index in [1.807, 2.05) is 67.6 Å². The third kappa shape index (κ3) is 4.63. The Balaban J connectivity index is 1.74. The summed E-state index contributed by atoms with van der Waals surface area (Å²) >= 11 is 7.73. The Morgan fingerprint density at radius 3 is 2.58 bits per heavy atom. The number of carbonyl (C=O) groups excluding carboxylic acids is 1. The molecule has 0 aliphatic rings. The van der Waals surface area contributed by atoms with Gasteiger partial charge in [0.05, 0.1) is 18.4 Å². The fourth-order valence-corrected chi connectivity index (χ4v) is 4.50. The van der Waals surface area contributed by atoms with E-state index in [2.05, 4.69) is 0 Å². The smallest absolute Gasteiger partial charge is 0.253 e. The molecule has 6 heteroatoms. The minimum absolute atomic E-state index is 0.167. The van der Waals surface area contributed by atoms with E-state index in [-0.39, 0.29) is 5.91 Å². The number of halogens is 1. The van der Waals surface area contributed by atoms with Crippen LogP contribution in [0, 0.1) is 6.92 Å². The van der Waals surface area contributed by atoms with Gasteiger partial charge in [0.1, 0.15) is 11.3 Å². The number of nitrogens with zero attached hydrogens (tertiary/aromatic N) is 2. The molecule has 4 nitrogen and oxygen atoms in total. The molecule has 1 aromatic heterocycles. The highest BCUT2D eigenvalue weighted by atomic mass is 35.5. The summed E-state index contributed by atoms with van der Waals surface area (Å²) in [5.41, 5.74) is 3.67. The van der Waals surface area contributed by atoms with Gasteiger partial charge in [0.15, 0.2) is 5.13 Å². The number of rotatable bonds is 6. The van der Waals surface area contributed by atoms with Gasteiger partial charge in [-0.2, -0.15) is 0 Å². The van der Waals surface area contributed by atoms with Crippen molar-refractivity contribution >= 4 is 50.3 Å². The molecule has 0 fully saturated rings. The van der Waals surface area contributed by atoms with Crippen molar-refractivity contribution < 1.29 is 9.53 Å². The number of fused-ring (bicyclic) bond motifs is 1. The van der Waals surface area contributed by atoms with Crippen LogP contribution in [0.5, 0.6) is 5.75 Å². The number of aromatic nitrogens is 1. The van der Waals surface area contributed by atoms with E-state index in [0.717, 1.165) is 26.9 Å². The van der Waals surface area contributed by atoms with Crippen molar-refractivity contribution in [3.05, 3.63) is 94.5 Å². The average Bonchev–Trinajstić information content (AvgIpc) is 3.24. The molecule has 4 rings (SSSR count). The Morgan fingerprint density at radius 2 is 1.84 bits per heavy atom. The van der Waals surface area contributed by atoms with Crippen molar-refractivity contribution in [2.75, 3.05) is 12.0 Å². The van der Waals surface area contributed by atoms with Crippen LogP contribution in [0.3, 0.4) is 0 Å². The topological polar surface area (TPSA) is 42.4 Å². The Bertz CT molecular complexity index is 1250. The molecule has 3 aromatic carbocycles. The summed E-state index contributed by atoms with van der Waals surface area (Å²) in [5.74, 6) is 0.529. The number of amides is 1. The van der Waals surface area contributed by atoms with Gasteiger partial charge in [-0.15, -0.1) is 0 Å². The van der Waals surface area contributed by atoms with Crippen LogP contribution in [-0.4, -0.2) is 18.0 Å². The number of benzene rings is 3. The second kappa shape index (κ2) is 9.33. The minimum atomic E-state index is -0.167. The molecular formula is C25H21ClN2O2S. The molecule has 0 aliphatic carbocycles. The first kappa shape index (κ1) is 21.1. The van der Waals surface area contributed by atoms with Crippen LogP contribution in [0.2, 0.25) is 5.02 Å². The number of hydrogen-bond donors (Lipinski definition) is 0. The van der Waals surface area contributed by atoms with Crippen LogP contribution in [0.4, 0.5) is 5.13 Å². The number of carbonyl (C=O) groups is 1. The lowest BCUT2D eigenvalue weighted by atomic mass is 10.2. The van der Waals surface area contributed by atoms with Crippen LogP contribution < -0.4 is 9.64 Å². The van der Waals surface area contributed by atoms with Gasteiger partial charge < -0.3 is 4.74 Å². The van der Waals surface area contributed by atoms with E-state index >= 15 is 0 Å². The second-order valence-corrected chi connectivity index (χ2v) is 8.41. The van der Waals surface area contributed by atoms with Gasteiger partial charge in [-0.3, -0.25) is 9.69 Å². The summed E-state index contributed by atoms with van der Waals surface area (Å²) in [4.78, 5) is 19.7. The summed E-state index contributed by atoms with van der Waals surface area (Å²) in [6, 6.07) is 21.2. The van der Waals surface area contributed by atoms with E-state index < -0.39 is 0 Å². The molecule has 0 saturated heterocycles. The fourth-order valence-electron chi connectivity index (χ4n) is 3.25. The highest BCUT2D eigenvalue weighted by Crippen LogP contribution is 2.37. The summed E-state index contributed by atoms with van der Waals surface area (Å²) < 4.78 is 6.49. The molecule has 31 heavy (non-hydrogen) atoms. The third-order valence-electron chi connectivity index (χ3n) is 4.90. The predicted molar refractivity (Wildman–Crippen MR) is 129 cm³/mol. The van der Waals surface area contributed by atoms with Gasteiger partial charge >= 0.3 is 0 Å². The van der Waals surface area contributed by atoms with Crippen molar-refractivity contribution in [2.24, 2.45) is 0 Å². The quantitative estimate of drug-likeness (QED) is 0.315. The molecular weight excluding hydrogens is 428 g/mol. The van der Waals surface area contributed by atoms with Gasteiger partial charge in [-0.1, -0.05) is 77.5 Å². The molecule has 156 valence electrons. The summed E-state index contributed by atoms with van der Waals surface area (Å²) in [5, 5.41) is 1.22. The van der Waals surface area contributed by atoms with Crippen LogP contribution in [0.15, 0.2) is 72.8 Å². The molecule has 1 heterocycles. The number of ether oxygens (including phenoxy) is 1. The second-order valence-electron chi connectivity index (χ2n) is 7.02. The zero-order valence-corrected chi connectivity index (χ0v) is 18.8. The lowest BCUT2D eigenvalue weighted by Gasteiger charge is -2.18. The molecule has 0 aliphatic heterocycles. The van der Waals surface area contributed by atoms with Gasteiger partial charge in [-0.05, 0) is 41.8 Å². The average molecular weight is 449 g/mol. The first-order valence-corrected chi connectivity index (χ1v) is 11.0. The Labute approximate surface area is 190 Å². The van der Waals surface area contributed by atoms with Crippen LogP contribution in [-0.2, 0) is 11.3 Å². The summed E-state index contributed by atoms with van der Waals surface area (Å²) in [6.45, 7) is 2.44. The summed E-state index contributed by atoms with van der Waals surface area (Å²) in [6.07, 6.45) is 3.28. The van der Waals surface area contributed by atoms with Gasteiger partial charge in [0.2, 0.25) is 0 Å². The standard InChI is InChI=1S/C25H21ClN2O2S/c1-17-12-14-21(30-2)23-24(17)31-25(27-23)28(16-18-8-4-3-5-9-18)22(29)15-13-19-10-6-7-11-20(19)26/h3-15H,16H2,1-2H3/b15-13+. The lowest BCUT2D eigenvalue weighted by molar-refractivity contribution is -0.114. The van der Waals surface area contributed by atoms with Crippen LogP contribution in [0.1, 0.15) is 16.7 Å². The molecule has 0 N–H and O–H groups in total. The van der Waals surface area contributed by atoms with Crippen molar-refractivity contribution in [1.29, 1.82) is 0 Å². The van der Waals surface area contributed by atoms with E-state index in [0.29, 0.717) is 22.4 Å². The zero-order chi connectivity index (χ0) is 21.8. The number of thiazole rings is 1. The van der Waals surface area contributed by atoms with E-state index in [4.69, 9.17) is 21.3 Å². The highest BCUT2D eigenvalue weighted by molar-refractivity contribution is 7.22. The van der Waals surface area contributed by atoms with Gasteiger partial charge in [0.25, 0.3) is 5.91 Å². The maximum absolute atomic E-state index is 13.3. The maximum Gasteiger partial charge on any atom is 0.253 e. The Morgan fingerprint density at radius 1 is 1.10 bits per heavy atom. The van der Waals surface area contributed by atoms with Crippen LogP contribution >= 0.6 is 22.9 Å². The van der Waals surface area contributed by atoms with Crippen LogP contribution in [0.25, 0.3) is 16.3 Å². The van der Waals surface area contributed by atoms with Crippen molar-refractivity contribution in [3.63, 3.8) is 0 Å². The minimum Gasteiger partial charge on any atom is -0.494 e. The number of anilines is 1. The fraction of sp³-hybridized carbons (Fsp3) is 0.120. The van der Waals surface area contributed by atoms with Gasteiger partial charge in [0, 0.05) is 11.1 Å². The molecule has 0 saturated carbocycles. The molecule has 0 bridgehead atoms. The predicted octanol–water partition coefficient (Wildman–Crippen LogP) is 6.51. The molecule has 4 aromatic rings. The molecule has 0 unspecified atom stereocenters. The third-order valence-corrected chi connectivity index (χ3v) is 6.46. The molecule has 1 amide bonds. The molecule has 0 atom stereocenters. The summed E-state index contributed by atoms with van der Waals surface area (Å²) in [7, 11) is 1.63. The van der Waals surface area contributed by atoms with Crippen molar-refractivity contribution in [2.45, 2.75) is 13.5 Å². The molecule has 0 radical (unpaired) electrons. The SMILES string of the molecule is COc1ccc(C)c2sc(N(Cc3ccccc3)C(=O)/C=C/c3ccccc3Cl)nc12. The monoisotopic (exact) mass is 448 g/mol. The Kier molecular flexibility index (Phi) is 6.35. The number of methoxy groups -OCH3 is 1. The van der Waals surface area contributed by atoms with E-state index in [1.165, 1.54) is 11.3 Å². The van der Waals surface area contributed by atoms with E-state index in [9.17, 15) is 4.79 Å². The Hall–Kier alpha value is -3.15. The van der Waals surface area contributed by atoms with Crippen molar-refractivity contribution in [1.82, 2.24) is 4.98 Å². The first-order chi connectivity index (χ1) is 15.1. The molecule has 0 spiro atoms. The number of aryl methyl sites for hydroxylation is 1. The normalized spacial score (nSPS) is 11.2.